The standard InChI is InChI=1S/C23H31N3O2/c1-4-28-22-11-5-19(6-12-22)23(27)24-20-7-9-21(10-8-20)26-15-13-18(14-16-26)17-25(2)3/h5-12,18H,4,13-17H2,1-3H3,(H,24,27). The number of carbonyl (C=O) groups is 1. The Morgan fingerprint density at radius 1 is 1.07 bits per heavy atom. The van der Waals surface area contributed by atoms with Gasteiger partial charge in [-0.1, -0.05) is 0 Å². The number of ether oxygens (including phenoxy) is 1. The molecule has 0 radical (unpaired) electrons. The van der Waals surface area contributed by atoms with Crippen molar-refractivity contribution < 1.29 is 9.53 Å². The third-order valence-electron chi connectivity index (χ3n) is 5.16. The molecule has 1 heterocycles. The minimum absolute atomic E-state index is 0.111. The largest absolute Gasteiger partial charge is 0.494 e. The van der Waals surface area contributed by atoms with Crippen LogP contribution in [-0.2, 0) is 0 Å². The molecule has 3 rings (SSSR count). The Morgan fingerprint density at radius 2 is 1.71 bits per heavy atom. The fourth-order valence-corrected chi connectivity index (χ4v) is 3.72. The molecule has 2 aromatic rings. The van der Waals surface area contributed by atoms with Crippen molar-refractivity contribution in [3.8, 4) is 5.75 Å². The molecule has 1 amide bonds. The van der Waals surface area contributed by atoms with E-state index in [4.69, 9.17) is 4.74 Å². The zero-order valence-corrected chi connectivity index (χ0v) is 17.1. The number of hydrogen-bond acceptors (Lipinski definition) is 4. The Kier molecular flexibility index (Phi) is 6.93. The SMILES string of the molecule is CCOc1ccc(C(=O)Nc2ccc(N3CCC(CN(C)C)CC3)cc2)cc1. The molecule has 0 unspecified atom stereocenters. The first kappa shape index (κ1) is 20.2. The van der Waals surface area contributed by atoms with Gasteiger partial charge in [-0.25, -0.2) is 0 Å². The Balaban J connectivity index is 1.53. The molecular formula is C23H31N3O2. The normalized spacial score (nSPS) is 14.9. The summed E-state index contributed by atoms with van der Waals surface area (Å²) in [5.74, 6) is 1.46. The Hall–Kier alpha value is -2.53. The van der Waals surface area contributed by atoms with Crippen LogP contribution in [0.2, 0.25) is 0 Å². The van der Waals surface area contributed by atoms with Crippen molar-refractivity contribution in [3.05, 3.63) is 54.1 Å². The molecule has 0 aromatic heterocycles. The lowest BCUT2D eigenvalue weighted by Crippen LogP contribution is -2.37. The summed E-state index contributed by atoms with van der Waals surface area (Å²) in [5, 5.41) is 2.96. The summed E-state index contributed by atoms with van der Waals surface area (Å²) < 4.78 is 5.42. The van der Waals surface area contributed by atoms with E-state index in [1.165, 1.54) is 25.1 Å². The van der Waals surface area contributed by atoms with Crippen LogP contribution < -0.4 is 15.0 Å². The number of amides is 1. The first-order chi connectivity index (χ1) is 13.5. The zero-order chi connectivity index (χ0) is 19.9. The molecule has 1 aliphatic heterocycles. The Bertz CT molecular complexity index is 748. The summed E-state index contributed by atoms with van der Waals surface area (Å²) in [5.41, 5.74) is 2.66. The first-order valence-electron chi connectivity index (χ1n) is 10.1. The molecule has 2 aromatic carbocycles. The molecule has 0 saturated carbocycles. The summed E-state index contributed by atoms with van der Waals surface area (Å²) in [4.78, 5) is 17.1. The van der Waals surface area contributed by atoms with E-state index in [-0.39, 0.29) is 5.91 Å². The Morgan fingerprint density at radius 3 is 2.29 bits per heavy atom. The van der Waals surface area contributed by atoms with Crippen molar-refractivity contribution in [2.75, 3.05) is 50.6 Å². The lowest BCUT2D eigenvalue weighted by molar-refractivity contribution is 0.102. The van der Waals surface area contributed by atoms with Crippen molar-refractivity contribution in [1.82, 2.24) is 4.90 Å². The fraction of sp³-hybridized carbons (Fsp3) is 0.435. The first-order valence-corrected chi connectivity index (χ1v) is 10.1. The molecule has 0 aliphatic carbocycles. The minimum atomic E-state index is -0.111. The summed E-state index contributed by atoms with van der Waals surface area (Å²) in [6, 6.07) is 15.4. The van der Waals surface area contributed by atoms with Crippen molar-refractivity contribution in [1.29, 1.82) is 0 Å². The highest BCUT2D eigenvalue weighted by atomic mass is 16.5. The van der Waals surface area contributed by atoms with Gasteiger partial charge < -0.3 is 19.9 Å². The van der Waals surface area contributed by atoms with Crippen LogP contribution in [0.25, 0.3) is 0 Å². The van der Waals surface area contributed by atoms with Gasteiger partial charge in [-0.05, 0) is 88.3 Å². The molecule has 1 saturated heterocycles. The quantitative estimate of drug-likeness (QED) is 0.784. The number of nitrogens with one attached hydrogen (secondary N) is 1. The summed E-state index contributed by atoms with van der Waals surface area (Å²) >= 11 is 0. The molecule has 1 fully saturated rings. The maximum Gasteiger partial charge on any atom is 0.255 e. The number of benzene rings is 2. The van der Waals surface area contributed by atoms with Crippen LogP contribution in [-0.4, -0.2) is 51.1 Å². The van der Waals surface area contributed by atoms with Gasteiger partial charge in [0.1, 0.15) is 5.75 Å². The second kappa shape index (κ2) is 9.60. The van der Waals surface area contributed by atoms with E-state index in [0.717, 1.165) is 30.4 Å². The third-order valence-corrected chi connectivity index (χ3v) is 5.16. The van der Waals surface area contributed by atoms with Crippen LogP contribution in [0, 0.1) is 5.92 Å². The molecule has 0 atom stereocenters. The lowest BCUT2D eigenvalue weighted by atomic mass is 9.96. The molecule has 1 aliphatic rings. The van der Waals surface area contributed by atoms with Crippen LogP contribution >= 0.6 is 0 Å². The van der Waals surface area contributed by atoms with E-state index >= 15 is 0 Å². The average molecular weight is 382 g/mol. The maximum absolute atomic E-state index is 12.4. The maximum atomic E-state index is 12.4. The van der Waals surface area contributed by atoms with E-state index in [2.05, 4.69) is 41.3 Å². The molecule has 1 N–H and O–H groups in total. The molecule has 28 heavy (non-hydrogen) atoms. The van der Waals surface area contributed by atoms with Crippen LogP contribution in [0.1, 0.15) is 30.1 Å². The lowest BCUT2D eigenvalue weighted by Gasteiger charge is -2.34. The summed E-state index contributed by atoms with van der Waals surface area (Å²) in [6.07, 6.45) is 2.46. The predicted octanol–water partition coefficient (Wildman–Crippen LogP) is 4.12. The topological polar surface area (TPSA) is 44.8 Å². The van der Waals surface area contributed by atoms with E-state index in [1.807, 2.05) is 31.2 Å². The number of nitrogens with zero attached hydrogens (tertiary/aromatic N) is 2. The number of carbonyl (C=O) groups excluding carboxylic acids is 1. The van der Waals surface area contributed by atoms with Gasteiger partial charge in [0.15, 0.2) is 0 Å². The van der Waals surface area contributed by atoms with Crippen LogP contribution in [0.5, 0.6) is 5.75 Å². The molecule has 150 valence electrons. The smallest absolute Gasteiger partial charge is 0.255 e. The highest BCUT2D eigenvalue weighted by Crippen LogP contribution is 2.25. The van der Waals surface area contributed by atoms with Gasteiger partial charge in [0, 0.05) is 36.6 Å². The van der Waals surface area contributed by atoms with Crippen molar-refractivity contribution >= 4 is 17.3 Å². The van der Waals surface area contributed by atoms with Crippen molar-refractivity contribution in [2.24, 2.45) is 5.92 Å². The van der Waals surface area contributed by atoms with Crippen LogP contribution in [0.3, 0.4) is 0 Å². The minimum Gasteiger partial charge on any atom is -0.494 e. The van der Waals surface area contributed by atoms with Gasteiger partial charge in [0.25, 0.3) is 5.91 Å². The van der Waals surface area contributed by atoms with Gasteiger partial charge in [0.05, 0.1) is 6.61 Å². The van der Waals surface area contributed by atoms with E-state index in [1.54, 1.807) is 12.1 Å². The van der Waals surface area contributed by atoms with Crippen molar-refractivity contribution in [3.63, 3.8) is 0 Å². The fourth-order valence-electron chi connectivity index (χ4n) is 3.72. The average Bonchev–Trinajstić information content (AvgIpc) is 2.69. The van der Waals surface area contributed by atoms with Gasteiger partial charge in [-0.3, -0.25) is 4.79 Å². The second-order valence-electron chi connectivity index (χ2n) is 7.65. The number of rotatable bonds is 7. The number of hydrogen-bond donors (Lipinski definition) is 1. The highest BCUT2D eigenvalue weighted by Gasteiger charge is 2.19. The molecule has 5 nitrogen and oxygen atoms in total. The zero-order valence-electron chi connectivity index (χ0n) is 17.1. The molecule has 0 bridgehead atoms. The third kappa shape index (κ3) is 5.49. The summed E-state index contributed by atoms with van der Waals surface area (Å²) in [7, 11) is 4.29. The predicted molar refractivity (Wildman–Crippen MR) is 115 cm³/mol. The molecule has 5 heteroatoms. The monoisotopic (exact) mass is 381 g/mol. The van der Waals surface area contributed by atoms with Crippen LogP contribution in [0.15, 0.2) is 48.5 Å². The highest BCUT2D eigenvalue weighted by molar-refractivity contribution is 6.04. The molecule has 0 spiro atoms. The van der Waals surface area contributed by atoms with E-state index < -0.39 is 0 Å². The molecular weight excluding hydrogens is 350 g/mol. The number of piperidine rings is 1. The van der Waals surface area contributed by atoms with Gasteiger partial charge >= 0.3 is 0 Å². The van der Waals surface area contributed by atoms with Gasteiger partial charge in [-0.15, -0.1) is 0 Å². The Labute approximate surface area is 168 Å². The van der Waals surface area contributed by atoms with Crippen molar-refractivity contribution in [2.45, 2.75) is 19.8 Å². The van der Waals surface area contributed by atoms with Gasteiger partial charge in [0.2, 0.25) is 0 Å². The van der Waals surface area contributed by atoms with Gasteiger partial charge in [-0.2, -0.15) is 0 Å². The van der Waals surface area contributed by atoms with E-state index in [0.29, 0.717) is 12.2 Å². The summed E-state index contributed by atoms with van der Waals surface area (Å²) in [6.45, 7) is 5.92. The number of anilines is 2. The van der Waals surface area contributed by atoms with Crippen LogP contribution in [0.4, 0.5) is 11.4 Å². The van der Waals surface area contributed by atoms with E-state index in [9.17, 15) is 4.79 Å². The second-order valence-corrected chi connectivity index (χ2v) is 7.65.